The molecule has 0 saturated carbocycles. The number of H-pyrrole nitrogens is 2. The van der Waals surface area contributed by atoms with Crippen LogP contribution in [0.2, 0.25) is 0 Å². The van der Waals surface area contributed by atoms with Crippen LogP contribution in [0.3, 0.4) is 0 Å². The monoisotopic (exact) mass is 1350 g/mol. The van der Waals surface area contributed by atoms with Crippen LogP contribution in [0.5, 0.6) is 5.75 Å². The van der Waals surface area contributed by atoms with Crippen LogP contribution in [0.1, 0.15) is 94.9 Å². The van der Waals surface area contributed by atoms with E-state index in [2.05, 4.69) is 52.5 Å². The van der Waals surface area contributed by atoms with Crippen molar-refractivity contribution in [1.82, 2.24) is 57.4 Å². The topological polar surface area (TPSA) is 475 Å². The largest absolute Gasteiger partial charge is 0.508 e. The van der Waals surface area contributed by atoms with Crippen LogP contribution in [0.25, 0.3) is 21.8 Å². The molecule has 1 aliphatic rings. The summed E-state index contributed by atoms with van der Waals surface area (Å²) in [5.41, 5.74) is 20.8. The second-order valence-electron chi connectivity index (χ2n) is 25.3. The molecule has 0 radical (unpaired) electrons. The molecule has 29 nitrogen and oxygen atoms in total. The molecule has 2 aromatic heterocycles. The lowest BCUT2D eigenvalue weighted by Crippen LogP contribution is -2.61. The summed E-state index contributed by atoms with van der Waals surface area (Å²) in [4.78, 5) is 174. The molecule has 1 aliphatic heterocycles. The first-order chi connectivity index (χ1) is 46.7. The SMILES string of the molecule is CC(C)C[C@H](NC(=O)[C@@H](Cc1ccc(O)cc1)NC(=O)[C@@H]1CCCN1C(=O)[C@H](Cc1c[nH]c2ccccc12)NC(=O)[C@@H](Cc1ccccc1)NC(=O)[C@H](CC(N)=O)NC(=O)[C@@H](N)CC(=O)O)C(=O)N[C@@H](CCCN)C(=O)N[C@H](C(=O)N[C@@H](Cc1c[nH]c2ccccc12)C(=O)O)C(C)C. The van der Waals surface area contributed by atoms with E-state index in [9.17, 15) is 68.1 Å². The van der Waals surface area contributed by atoms with Crippen molar-refractivity contribution < 1.29 is 72.9 Å². The van der Waals surface area contributed by atoms with Crippen molar-refractivity contribution in [2.45, 2.75) is 159 Å². The van der Waals surface area contributed by atoms with Gasteiger partial charge in [-0.3, -0.25) is 52.7 Å². The lowest BCUT2D eigenvalue weighted by Gasteiger charge is -2.31. The molecule has 10 amide bonds. The first kappa shape index (κ1) is 74.7. The number of amides is 10. The van der Waals surface area contributed by atoms with E-state index in [0.717, 1.165) is 10.9 Å². The minimum atomic E-state index is -1.73. The predicted octanol–water partition coefficient (Wildman–Crippen LogP) is 0.698. The molecule has 10 atom stereocenters. The Morgan fingerprint density at radius 3 is 1.59 bits per heavy atom. The number of hydrogen-bond acceptors (Lipinski definition) is 15. The average Bonchev–Trinajstić information content (AvgIpc) is 1.64. The van der Waals surface area contributed by atoms with Gasteiger partial charge >= 0.3 is 11.9 Å². The number of carboxylic acids is 2. The fourth-order valence-electron chi connectivity index (χ4n) is 11.8. The molecule has 0 aliphatic carbocycles. The maximum atomic E-state index is 15.4. The highest BCUT2D eigenvalue weighted by molar-refractivity contribution is 6.00. The van der Waals surface area contributed by atoms with Crippen LogP contribution in [-0.2, 0) is 83.2 Å². The van der Waals surface area contributed by atoms with Gasteiger partial charge in [-0.1, -0.05) is 107 Å². The number of aromatic nitrogens is 2. The number of aromatic hydroxyl groups is 1. The summed E-state index contributed by atoms with van der Waals surface area (Å²) in [6, 6.07) is 14.3. The third-order valence-corrected chi connectivity index (χ3v) is 16.9. The zero-order chi connectivity index (χ0) is 71.3. The molecular formula is C69H88N14O15. The number of carbonyl (C=O) groups excluding carboxylic acids is 10. The summed E-state index contributed by atoms with van der Waals surface area (Å²) in [5.74, 6) is -12.5. The zero-order valence-corrected chi connectivity index (χ0v) is 55.0. The Morgan fingerprint density at radius 1 is 0.541 bits per heavy atom. The number of aliphatic carboxylic acids is 2. The van der Waals surface area contributed by atoms with Gasteiger partial charge in [0.2, 0.25) is 59.1 Å². The van der Waals surface area contributed by atoms with Gasteiger partial charge in [-0.15, -0.1) is 0 Å². The van der Waals surface area contributed by atoms with Crippen LogP contribution in [0, 0.1) is 11.8 Å². The van der Waals surface area contributed by atoms with Gasteiger partial charge in [0.1, 0.15) is 60.1 Å². The number of fused-ring (bicyclic) bond motifs is 2. The Kier molecular flexibility index (Phi) is 27.0. The highest BCUT2D eigenvalue weighted by atomic mass is 16.4. The molecule has 98 heavy (non-hydrogen) atoms. The van der Waals surface area contributed by atoms with Crippen molar-refractivity contribution in [3.8, 4) is 5.75 Å². The minimum absolute atomic E-state index is 0.00146. The molecule has 0 spiro atoms. The summed E-state index contributed by atoms with van der Waals surface area (Å²) >= 11 is 0. The van der Waals surface area contributed by atoms with E-state index in [4.69, 9.17) is 17.2 Å². The number of nitrogens with two attached hydrogens (primary N) is 3. The number of para-hydroxylation sites is 2. The van der Waals surface area contributed by atoms with E-state index in [-0.39, 0.29) is 82.5 Å². The molecule has 19 N–H and O–H groups in total. The molecule has 4 aromatic carbocycles. The van der Waals surface area contributed by atoms with Crippen molar-refractivity contribution >= 4 is 92.8 Å². The van der Waals surface area contributed by atoms with Gasteiger partial charge < -0.3 is 89.9 Å². The summed E-state index contributed by atoms with van der Waals surface area (Å²) < 4.78 is 0. The van der Waals surface area contributed by atoms with Gasteiger partial charge in [-0.2, -0.15) is 0 Å². The van der Waals surface area contributed by atoms with E-state index in [1.165, 1.54) is 29.2 Å². The number of likely N-dealkylation sites (tertiary alicyclic amines) is 1. The lowest BCUT2D eigenvalue weighted by atomic mass is 9.99. The first-order valence-electron chi connectivity index (χ1n) is 32.5. The maximum absolute atomic E-state index is 15.4. The Balaban J connectivity index is 1.12. The standard InChI is InChI=1S/C69H88N14O15/c1-37(2)28-50(62(90)75-49(20-12-26-70)61(89)82-59(38(3)4)67(95)81-55(69(97)98)32-42-36-74-48-19-11-9-17-45(42)48)77-63(91)52(30-40-22-24-43(84)25-23-40)79-66(94)56-21-13-27-83(56)68(96)54(31-41-35-73-47-18-10-8-16-44(41)47)80-64(92)51(29-39-14-6-5-7-15-39)78-65(93)53(34-57(72)85)76-60(88)46(71)33-58(86)87/h5-11,14-19,22-25,35-38,46,49-56,59,73-74,84H,12-13,20-21,26-34,70-71H2,1-4H3,(H2,72,85)(H,75,90)(H,76,88)(H,77,91)(H,78,93)(H,79,94)(H,80,92)(H,81,95)(H,82,89)(H,86,87)(H,97,98)/t46-,49-,50-,51+,52+,53-,54-,55-,56-,59-/m0/s1. The Morgan fingerprint density at radius 2 is 1.03 bits per heavy atom. The number of carbonyl (C=O) groups is 12. The molecule has 0 bridgehead atoms. The lowest BCUT2D eigenvalue weighted by molar-refractivity contribution is -0.142. The van der Waals surface area contributed by atoms with E-state index in [1.807, 2.05) is 18.2 Å². The normalized spacial score (nSPS) is 15.7. The number of benzene rings is 4. The van der Waals surface area contributed by atoms with Crippen molar-refractivity contribution in [2.75, 3.05) is 13.1 Å². The number of rotatable bonds is 36. The average molecular weight is 1350 g/mol. The van der Waals surface area contributed by atoms with Crippen LogP contribution in [-0.4, -0.2) is 175 Å². The van der Waals surface area contributed by atoms with E-state index in [0.29, 0.717) is 33.2 Å². The number of hydrogen-bond donors (Lipinski definition) is 16. The number of primary amides is 1. The van der Waals surface area contributed by atoms with Gasteiger partial charge in [0.05, 0.1) is 18.9 Å². The summed E-state index contributed by atoms with van der Waals surface area (Å²) in [7, 11) is 0. The predicted molar refractivity (Wildman–Crippen MR) is 360 cm³/mol. The van der Waals surface area contributed by atoms with E-state index >= 15 is 4.79 Å². The van der Waals surface area contributed by atoms with Gasteiger partial charge in [0.15, 0.2) is 0 Å². The smallest absolute Gasteiger partial charge is 0.326 e. The quantitative estimate of drug-likeness (QED) is 0.0257. The van der Waals surface area contributed by atoms with Crippen LogP contribution in [0.15, 0.2) is 116 Å². The Hall–Kier alpha value is -10.7. The van der Waals surface area contributed by atoms with Crippen molar-refractivity contribution in [3.05, 3.63) is 138 Å². The second kappa shape index (κ2) is 35.4. The van der Waals surface area contributed by atoms with Gasteiger partial charge in [0.25, 0.3) is 0 Å². The Bertz CT molecular complexity index is 3820. The molecular weight excluding hydrogens is 1260 g/mol. The molecule has 1 saturated heterocycles. The number of phenolic OH excluding ortho intramolecular Hbond substituents is 1. The number of carboxylic acid groups (broad SMARTS) is 2. The van der Waals surface area contributed by atoms with Gasteiger partial charge in [-0.05, 0) is 97.0 Å². The fraction of sp³-hybridized carbons (Fsp3) is 0.420. The Labute approximate surface area is 565 Å². The molecule has 6 aromatic rings. The van der Waals surface area contributed by atoms with Crippen LogP contribution >= 0.6 is 0 Å². The van der Waals surface area contributed by atoms with Gasteiger partial charge in [0, 0.05) is 66.4 Å². The fourth-order valence-corrected chi connectivity index (χ4v) is 11.8. The number of phenols is 1. The van der Waals surface area contributed by atoms with Crippen LogP contribution < -0.4 is 59.7 Å². The molecule has 3 heterocycles. The first-order valence-corrected chi connectivity index (χ1v) is 32.5. The molecule has 1 fully saturated rings. The van der Waals surface area contributed by atoms with Gasteiger partial charge in [-0.25, -0.2) is 4.79 Å². The molecule has 524 valence electrons. The van der Waals surface area contributed by atoms with Crippen molar-refractivity contribution in [2.24, 2.45) is 29.0 Å². The zero-order valence-electron chi connectivity index (χ0n) is 55.0. The maximum Gasteiger partial charge on any atom is 0.326 e. The highest BCUT2D eigenvalue weighted by Crippen LogP contribution is 2.25. The van der Waals surface area contributed by atoms with E-state index in [1.54, 1.807) is 101 Å². The summed E-state index contributed by atoms with van der Waals surface area (Å²) in [5, 5.41) is 52.4. The summed E-state index contributed by atoms with van der Waals surface area (Å²) in [6.07, 6.45) is 1.69. The molecule has 29 heteroatoms. The third kappa shape index (κ3) is 21.2. The summed E-state index contributed by atoms with van der Waals surface area (Å²) in [6.45, 7) is 7.01. The minimum Gasteiger partial charge on any atom is -0.508 e. The number of nitrogens with zero attached hydrogens (tertiary/aromatic N) is 1. The van der Waals surface area contributed by atoms with Crippen molar-refractivity contribution in [3.63, 3.8) is 0 Å². The number of aromatic amines is 2. The third-order valence-electron chi connectivity index (χ3n) is 16.9. The highest BCUT2D eigenvalue weighted by Gasteiger charge is 2.42. The number of nitrogens with one attached hydrogen (secondary N) is 10. The van der Waals surface area contributed by atoms with Crippen molar-refractivity contribution in [1.29, 1.82) is 0 Å². The molecule has 0 unspecified atom stereocenters. The molecule has 7 rings (SSSR count). The second-order valence-corrected chi connectivity index (χ2v) is 25.3. The van der Waals surface area contributed by atoms with E-state index < -0.39 is 150 Å². The van der Waals surface area contributed by atoms with Crippen LogP contribution in [0.4, 0.5) is 0 Å².